The highest BCUT2D eigenvalue weighted by Gasteiger charge is 2.06. The SMILES string of the molecule is NCc1c(Cl)cccc1Sc1cccc(Br)c1. The molecule has 88 valence electrons. The van der Waals surface area contributed by atoms with Gasteiger partial charge in [0.2, 0.25) is 0 Å². The van der Waals surface area contributed by atoms with Crippen molar-refractivity contribution in [2.24, 2.45) is 5.73 Å². The summed E-state index contributed by atoms with van der Waals surface area (Å²) in [5.74, 6) is 0. The molecule has 2 aromatic carbocycles. The zero-order valence-corrected chi connectivity index (χ0v) is 12.1. The number of nitrogens with two attached hydrogens (primary N) is 1. The van der Waals surface area contributed by atoms with Gasteiger partial charge in [-0.3, -0.25) is 0 Å². The average molecular weight is 329 g/mol. The van der Waals surface area contributed by atoms with Crippen molar-refractivity contribution in [3.8, 4) is 0 Å². The maximum atomic E-state index is 6.12. The van der Waals surface area contributed by atoms with E-state index in [0.717, 1.165) is 24.8 Å². The summed E-state index contributed by atoms with van der Waals surface area (Å²) in [5, 5.41) is 0.729. The van der Waals surface area contributed by atoms with Crippen LogP contribution in [0.3, 0.4) is 0 Å². The third-order valence-electron chi connectivity index (χ3n) is 2.30. The smallest absolute Gasteiger partial charge is 0.0462 e. The molecule has 1 nitrogen and oxygen atoms in total. The lowest BCUT2D eigenvalue weighted by atomic mass is 10.2. The zero-order valence-electron chi connectivity index (χ0n) is 8.99. The molecule has 0 aromatic heterocycles. The van der Waals surface area contributed by atoms with E-state index in [4.69, 9.17) is 17.3 Å². The summed E-state index contributed by atoms with van der Waals surface area (Å²) in [6.45, 7) is 0.454. The fourth-order valence-electron chi connectivity index (χ4n) is 1.49. The van der Waals surface area contributed by atoms with Crippen LogP contribution in [-0.2, 0) is 6.54 Å². The standard InChI is InChI=1S/C13H11BrClNS/c14-9-3-1-4-10(7-9)17-13-6-2-5-12(15)11(13)8-16/h1-7H,8,16H2. The maximum Gasteiger partial charge on any atom is 0.0462 e. The van der Waals surface area contributed by atoms with E-state index < -0.39 is 0 Å². The first-order chi connectivity index (χ1) is 8.20. The first-order valence-corrected chi connectivity index (χ1v) is 7.10. The Morgan fingerprint density at radius 2 is 1.94 bits per heavy atom. The van der Waals surface area contributed by atoms with Crippen molar-refractivity contribution in [3.63, 3.8) is 0 Å². The molecule has 0 bridgehead atoms. The van der Waals surface area contributed by atoms with E-state index in [0.29, 0.717) is 6.54 Å². The molecule has 0 spiro atoms. The van der Waals surface area contributed by atoms with E-state index in [1.165, 1.54) is 0 Å². The summed E-state index contributed by atoms with van der Waals surface area (Å²) >= 11 is 11.3. The molecule has 0 aliphatic carbocycles. The fraction of sp³-hybridized carbons (Fsp3) is 0.0769. The highest BCUT2D eigenvalue weighted by molar-refractivity contribution is 9.10. The largest absolute Gasteiger partial charge is 0.326 e. The molecule has 0 amide bonds. The van der Waals surface area contributed by atoms with Crippen molar-refractivity contribution in [2.45, 2.75) is 16.3 Å². The number of halogens is 2. The topological polar surface area (TPSA) is 26.0 Å². The molecule has 0 unspecified atom stereocenters. The Morgan fingerprint density at radius 3 is 2.65 bits per heavy atom. The summed E-state index contributed by atoms with van der Waals surface area (Å²) in [4.78, 5) is 2.27. The van der Waals surface area contributed by atoms with Crippen LogP contribution in [0.5, 0.6) is 0 Å². The Labute approximate surface area is 118 Å². The number of hydrogen-bond acceptors (Lipinski definition) is 2. The molecule has 0 heterocycles. The van der Waals surface area contributed by atoms with Crippen LogP contribution in [0.15, 0.2) is 56.7 Å². The molecular weight excluding hydrogens is 318 g/mol. The van der Waals surface area contributed by atoms with Gasteiger partial charge in [-0.1, -0.05) is 51.4 Å². The molecule has 2 aromatic rings. The highest BCUT2D eigenvalue weighted by atomic mass is 79.9. The average Bonchev–Trinajstić information content (AvgIpc) is 2.29. The van der Waals surface area contributed by atoms with Crippen LogP contribution in [0.25, 0.3) is 0 Å². The van der Waals surface area contributed by atoms with Gasteiger partial charge in [0.25, 0.3) is 0 Å². The van der Waals surface area contributed by atoms with Crippen LogP contribution >= 0.6 is 39.3 Å². The minimum atomic E-state index is 0.454. The summed E-state index contributed by atoms with van der Waals surface area (Å²) in [6.07, 6.45) is 0. The second-order valence-electron chi connectivity index (χ2n) is 3.48. The molecule has 0 atom stereocenters. The second kappa shape index (κ2) is 5.91. The van der Waals surface area contributed by atoms with Crippen molar-refractivity contribution in [3.05, 3.63) is 57.5 Å². The van der Waals surface area contributed by atoms with Gasteiger partial charge in [0.1, 0.15) is 0 Å². The lowest BCUT2D eigenvalue weighted by Gasteiger charge is -2.09. The quantitative estimate of drug-likeness (QED) is 0.883. The van der Waals surface area contributed by atoms with E-state index in [1.807, 2.05) is 30.3 Å². The molecule has 0 fully saturated rings. The Balaban J connectivity index is 2.33. The van der Waals surface area contributed by atoms with Crippen molar-refractivity contribution in [1.82, 2.24) is 0 Å². The summed E-state index contributed by atoms with van der Waals surface area (Å²) in [7, 11) is 0. The van der Waals surface area contributed by atoms with E-state index in [-0.39, 0.29) is 0 Å². The van der Waals surface area contributed by atoms with Gasteiger partial charge in [0.05, 0.1) is 0 Å². The van der Waals surface area contributed by atoms with Crippen LogP contribution in [0.2, 0.25) is 5.02 Å². The van der Waals surface area contributed by atoms with Gasteiger partial charge in [-0.2, -0.15) is 0 Å². The molecule has 4 heteroatoms. The summed E-state index contributed by atoms with van der Waals surface area (Å²) in [5.41, 5.74) is 6.73. The molecule has 17 heavy (non-hydrogen) atoms. The molecule has 0 aliphatic heterocycles. The van der Waals surface area contributed by atoms with Crippen LogP contribution in [0, 0.1) is 0 Å². The third-order valence-corrected chi connectivity index (χ3v) is 4.24. The van der Waals surface area contributed by atoms with Gasteiger partial charge in [0.15, 0.2) is 0 Å². The lowest BCUT2D eigenvalue weighted by molar-refractivity contribution is 1.03. The van der Waals surface area contributed by atoms with Crippen molar-refractivity contribution < 1.29 is 0 Å². The monoisotopic (exact) mass is 327 g/mol. The first kappa shape index (κ1) is 13.0. The Kier molecular flexibility index (Phi) is 4.51. The molecule has 0 aliphatic rings. The number of rotatable bonds is 3. The minimum absolute atomic E-state index is 0.454. The predicted molar refractivity (Wildman–Crippen MR) is 77.6 cm³/mol. The van der Waals surface area contributed by atoms with Gasteiger partial charge in [-0.25, -0.2) is 0 Å². The number of hydrogen-bond donors (Lipinski definition) is 1. The van der Waals surface area contributed by atoms with E-state index >= 15 is 0 Å². The minimum Gasteiger partial charge on any atom is -0.326 e. The van der Waals surface area contributed by atoms with Crippen molar-refractivity contribution >= 4 is 39.3 Å². The van der Waals surface area contributed by atoms with E-state index in [2.05, 4.69) is 28.1 Å². The van der Waals surface area contributed by atoms with Gasteiger partial charge in [-0.15, -0.1) is 0 Å². The molecular formula is C13H11BrClNS. The van der Waals surface area contributed by atoms with Gasteiger partial charge in [0, 0.05) is 25.8 Å². The predicted octanol–water partition coefficient (Wildman–Crippen LogP) is 4.71. The van der Waals surface area contributed by atoms with Crippen LogP contribution in [0.4, 0.5) is 0 Å². The van der Waals surface area contributed by atoms with E-state index in [9.17, 15) is 0 Å². The Hall–Kier alpha value is -0.480. The normalized spacial score (nSPS) is 10.5. The van der Waals surface area contributed by atoms with Crippen LogP contribution in [-0.4, -0.2) is 0 Å². The second-order valence-corrected chi connectivity index (χ2v) is 5.92. The first-order valence-electron chi connectivity index (χ1n) is 5.11. The fourth-order valence-corrected chi connectivity index (χ4v) is 3.40. The van der Waals surface area contributed by atoms with Gasteiger partial charge >= 0.3 is 0 Å². The van der Waals surface area contributed by atoms with Gasteiger partial charge in [-0.05, 0) is 35.9 Å². The summed E-state index contributed by atoms with van der Waals surface area (Å²) < 4.78 is 1.07. The molecule has 0 radical (unpaired) electrons. The summed E-state index contributed by atoms with van der Waals surface area (Å²) in [6, 6.07) is 14.0. The Bertz CT molecular complexity index is 531. The Morgan fingerprint density at radius 1 is 1.18 bits per heavy atom. The number of benzene rings is 2. The van der Waals surface area contributed by atoms with E-state index in [1.54, 1.807) is 11.8 Å². The molecule has 2 rings (SSSR count). The third kappa shape index (κ3) is 3.26. The lowest BCUT2D eigenvalue weighted by Crippen LogP contribution is -1.99. The van der Waals surface area contributed by atoms with Crippen molar-refractivity contribution in [1.29, 1.82) is 0 Å². The van der Waals surface area contributed by atoms with Crippen LogP contribution < -0.4 is 5.73 Å². The molecule has 2 N–H and O–H groups in total. The van der Waals surface area contributed by atoms with Crippen molar-refractivity contribution in [2.75, 3.05) is 0 Å². The van der Waals surface area contributed by atoms with Crippen LogP contribution in [0.1, 0.15) is 5.56 Å². The maximum absolute atomic E-state index is 6.12. The molecule has 0 saturated heterocycles. The molecule has 0 saturated carbocycles. The highest BCUT2D eigenvalue weighted by Crippen LogP contribution is 2.34. The zero-order chi connectivity index (χ0) is 12.3. The van der Waals surface area contributed by atoms with Gasteiger partial charge < -0.3 is 5.73 Å².